The molecule has 1 atom stereocenters. The molecule has 84 valence electrons. The summed E-state index contributed by atoms with van der Waals surface area (Å²) < 4.78 is 0. The lowest BCUT2D eigenvalue weighted by Gasteiger charge is -2.25. The van der Waals surface area contributed by atoms with Crippen LogP contribution in [0.2, 0.25) is 0 Å². The minimum atomic E-state index is -0.364. The fraction of sp³-hybridized carbons (Fsp3) is 0.538. The Kier molecular flexibility index (Phi) is 5.37. The normalized spacial score (nSPS) is 13.1. The first-order valence-electron chi connectivity index (χ1n) is 5.70. The van der Waals surface area contributed by atoms with Gasteiger partial charge in [-0.25, -0.2) is 0 Å². The first-order chi connectivity index (χ1) is 7.24. The Labute approximate surface area is 92.5 Å². The standard InChI is InChI=1S/C13H21NO/c1-3-4-10-14(12(2)15)11-13-8-6-5-7-9-13/h5-9,12,15H,3-4,10-11H2,1-2H3. The third kappa shape index (κ3) is 4.45. The first-order valence-corrected chi connectivity index (χ1v) is 5.70. The summed E-state index contributed by atoms with van der Waals surface area (Å²) in [6, 6.07) is 10.3. The third-order valence-electron chi connectivity index (χ3n) is 2.56. The average molecular weight is 207 g/mol. The van der Waals surface area contributed by atoms with Crippen molar-refractivity contribution in [3.05, 3.63) is 35.9 Å². The van der Waals surface area contributed by atoms with Gasteiger partial charge in [0.15, 0.2) is 0 Å². The van der Waals surface area contributed by atoms with Gasteiger partial charge >= 0.3 is 0 Å². The number of unbranched alkanes of at least 4 members (excludes halogenated alkanes) is 1. The smallest absolute Gasteiger partial charge is 0.104 e. The quantitative estimate of drug-likeness (QED) is 0.725. The monoisotopic (exact) mass is 207 g/mol. The Balaban J connectivity index is 2.51. The number of benzene rings is 1. The van der Waals surface area contributed by atoms with Crippen LogP contribution in [0.1, 0.15) is 32.3 Å². The van der Waals surface area contributed by atoms with E-state index in [0.29, 0.717) is 0 Å². The van der Waals surface area contributed by atoms with Gasteiger partial charge in [0, 0.05) is 13.1 Å². The van der Waals surface area contributed by atoms with Gasteiger partial charge in [0.25, 0.3) is 0 Å². The minimum Gasteiger partial charge on any atom is -0.379 e. The molecule has 0 aliphatic heterocycles. The van der Waals surface area contributed by atoms with Crippen LogP contribution in [-0.4, -0.2) is 22.8 Å². The molecule has 1 rings (SSSR count). The van der Waals surface area contributed by atoms with E-state index in [-0.39, 0.29) is 6.23 Å². The van der Waals surface area contributed by atoms with Crippen LogP contribution in [0.3, 0.4) is 0 Å². The van der Waals surface area contributed by atoms with Crippen LogP contribution < -0.4 is 0 Å². The molecule has 0 spiro atoms. The van der Waals surface area contributed by atoms with E-state index in [4.69, 9.17) is 0 Å². The van der Waals surface area contributed by atoms with Crippen molar-refractivity contribution in [1.29, 1.82) is 0 Å². The summed E-state index contributed by atoms with van der Waals surface area (Å²) in [5.41, 5.74) is 1.26. The molecule has 0 aliphatic carbocycles. The van der Waals surface area contributed by atoms with Crippen molar-refractivity contribution in [3.8, 4) is 0 Å². The summed E-state index contributed by atoms with van der Waals surface area (Å²) in [6.07, 6.45) is 1.94. The summed E-state index contributed by atoms with van der Waals surface area (Å²) in [7, 11) is 0. The molecule has 1 aromatic rings. The maximum Gasteiger partial charge on any atom is 0.104 e. The molecule has 0 aromatic heterocycles. The number of hydrogen-bond acceptors (Lipinski definition) is 2. The molecule has 1 N–H and O–H groups in total. The predicted molar refractivity (Wildman–Crippen MR) is 63.4 cm³/mol. The molecule has 0 heterocycles. The van der Waals surface area contributed by atoms with E-state index in [9.17, 15) is 5.11 Å². The zero-order valence-corrected chi connectivity index (χ0v) is 9.69. The molecule has 1 unspecified atom stereocenters. The highest BCUT2D eigenvalue weighted by molar-refractivity contribution is 5.14. The van der Waals surface area contributed by atoms with Crippen LogP contribution in [0, 0.1) is 0 Å². The summed E-state index contributed by atoms with van der Waals surface area (Å²) in [5, 5.41) is 9.63. The van der Waals surface area contributed by atoms with E-state index in [0.717, 1.165) is 25.9 Å². The molecule has 0 fully saturated rings. The Morgan fingerprint density at radius 2 is 1.93 bits per heavy atom. The minimum absolute atomic E-state index is 0.364. The number of nitrogens with zero attached hydrogens (tertiary/aromatic N) is 1. The van der Waals surface area contributed by atoms with Crippen LogP contribution in [-0.2, 0) is 6.54 Å². The second-order valence-corrected chi connectivity index (χ2v) is 3.94. The molecule has 1 aromatic carbocycles. The number of aliphatic hydroxyl groups excluding tert-OH is 1. The SMILES string of the molecule is CCCCN(Cc1ccccc1)C(C)O. The zero-order chi connectivity index (χ0) is 11.1. The molecule has 2 heteroatoms. The van der Waals surface area contributed by atoms with Crippen molar-refractivity contribution < 1.29 is 5.11 Å². The van der Waals surface area contributed by atoms with Gasteiger partial charge < -0.3 is 5.11 Å². The average Bonchev–Trinajstić information content (AvgIpc) is 2.25. The van der Waals surface area contributed by atoms with Crippen LogP contribution in [0.15, 0.2) is 30.3 Å². The summed E-state index contributed by atoms with van der Waals surface area (Å²) in [5.74, 6) is 0. The Morgan fingerprint density at radius 3 is 2.47 bits per heavy atom. The van der Waals surface area contributed by atoms with Crippen molar-refractivity contribution >= 4 is 0 Å². The number of aliphatic hydroxyl groups is 1. The van der Waals surface area contributed by atoms with Gasteiger partial charge in [-0.05, 0) is 18.9 Å². The third-order valence-corrected chi connectivity index (χ3v) is 2.56. The van der Waals surface area contributed by atoms with Crippen molar-refractivity contribution in [1.82, 2.24) is 4.90 Å². The highest BCUT2D eigenvalue weighted by atomic mass is 16.3. The number of rotatable bonds is 6. The number of hydrogen-bond donors (Lipinski definition) is 1. The lowest BCUT2D eigenvalue weighted by Crippen LogP contribution is -2.33. The van der Waals surface area contributed by atoms with Crippen LogP contribution in [0.5, 0.6) is 0 Å². The van der Waals surface area contributed by atoms with E-state index >= 15 is 0 Å². The van der Waals surface area contributed by atoms with Gasteiger partial charge in [-0.1, -0.05) is 43.7 Å². The molecular formula is C13H21NO. The lowest BCUT2D eigenvalue weighted by atomic mass is 10.2. The van der Waals surface area contributed by atoms with Gasteiger partial charge in [0.1, 0.15) is 6.23 Å². The van der Waals surface area contributed by atoms with E-state index in [1.165, 1.54) is 5.56 Å². The predicted octanol–water partition coefficient (Wildman–Crippen LogP) is 2.63. The second-order valence-electron chi connectivity index (χ2n) is 3.94. The molecule has 0 saturated carbocycles. The zero-order valence-electron chi connectivity index (χ0n) is 9.69. The highest BCUT2D eigenvalue weighted by Crippen LogP contribution is 2.08. The lowest BCUT2D eigenvalue weighted by molar-refractivity contribution is 0.0118. The summed E-state index contributed by atoms with van der Waals surface area (Å²) in [4.78, 5) is 2.10. The van der Waals surface area contributed by atoms with Crippen molar-refractivity contribution in [2.45, 2.75) is 39.5 Å². The van der Waals surface area contributed by atoms with E-state index < -0.39 is 0 Å². The first kappa shape index (κ1) is 12.2. The van der Waals surface area contributed by atoms with Crippen LogP contribution >= 0.6 is 0 Å². The van der Waals surface area contributed by atoms with Gasteiger partial charge in [0.05, 0.1) is 0 Å². The van der Waals surface area contributed by atoms with E-state index in [2.05, 4.69) is 24.0 Å². The van der Waals surface area contributed by atoms with Gasteiger partial charge in [-0.15, -0.1) is 0 Å². The van der Waals surface area contributed by atoms with Crippen molar-refractivity contribution in [3.63, 3.8) is 0 Å². The van der Waals surface area contributed by atoms with Crippen LogP contribution in [0.4, 0.5) is 0 Å². The molecule has 0 aliphatic rings. The fourth-order valence-corrected chi connectivity index (χ4v) is 1.58. The Bertz CT molecular complexity index is 258. The Hall–Kier alpha value is -0.860. The maximum atomic E-state index is 9.63. The largest absolute Gasteiger partial charge is 0.379 e. The Morgan fingerprint density at radius 1 is 1.27 bits per heavy atom. The molecule has 0 saturated heterocycles. The molecular weight excluding hydrogens is 186 g/mol. The van der Waals surface area contributed by atoms with Gasteiger partial charge in [0.2, 0.25) is 0 Å². The molecule has 2 nitrogen and oxygen atoms in total. The highest BCUT2D eigenvalue weighted by Gasteiger charge is 2.10. The molecule has 0 amide bonds. The molecule has 0 bridgehead atoms. The second kappa shape index (κ2) is 6.59. The summed E-state index contributed by atoms with van der Waals surface area (Å²) >= 11 is 0. The van der Waals surface area contributed by atoms with Crippen molar-refractivity contribution in [2.24, 2.45) is 0 Å². The van der Waals surface area contributed by atoms with E-state index in [1.807, 2.05) is 25.1 Å². The topological polar surface area (TPSA) is 23.5 Å². The van der Waals surface area contributed by atoms with Gasteiger partial charge in [-0.3, -0.25) is 4.90 Å². The fourth-order valence-electron chi connectivity index (χ4n) is 1.58. The van der Waals surface area contributed by atoms with Crippen LogP contribution in [0.25, 0.3) is 0 Å². The molecule has 0 radical (unpaired) electrons. The van der Waals surface area contributed by atoms with Gasteiger partial charge in [-0.2, -0.15) is 0 Å². The maximum absolute atomic E-state index is 9.63. The molecule has 15 heavy (non-hydrogen) atoms. The van der Waals surface area contributed by atoms with E-state index in [1.54, 1.807) is 0 Å². The summed E-state index contributed by atoms with van der Waals surface area (Å²) in [6.45, 7) is 5.79. The van der Waals surface area contributed by atoms with Crippen molar-refractivity contribution in [2.75, 3.05) is 6.54 Å².